The van der Waals surface area contributed by atoms with Gasteiger partial charge in [0.1, 0.15) is 12.4 Å². The van der Waals surface area contributed by atoms with E-state index >= 15 is 0 Å². The summed E-state index contributed by atoms with van der Waals surface area (Å²) in [5.74, 6) is 1.83. The van der Waals surface area contributed by atoms with Gasteiger partial charge in [-0.25, -0.2) is 0 Å². The molecule has 2 aromatic heterocycles. The fraction of sp³-hybridized carbons (Fsp3) is 0.364. The van der Waals surface area contributed by atoms with Crippen molar-refractivity contribution in [1.29, 1.82) is 0 Å². The first-order chi connectivity index (χ1) is 15.1. The molecule has 9 heteroatoms. The monoisotopic (exact) mass is 442 g/mol. The second kappa shape index (κ2) is 11.6. The molecule has 8 nitrogen and oxygen atoms in total. The number of pyridine rings is 1. The summed E-state index contributed by atoms with van der Waals surface area (Å²) in [4.78, 5) is 15.7. The summed E-state index contributed by atoms with van der Waals surface area (Å²) in [5.41, 5.74) is 1.57. The van der Waals surface area contributed by atoms with Crippen LogP contribution in [-0.2, 0) is 11.3 Å². The molecule has 0 fully saturated rings. The maximum Gasteiger partial charge on any atom is 0.191 e. The summed E-state index contributed by atoms with van der Waals surface area (Å²) in [7, 11) is 1.65. The Labute approximate surface area is 185 Å². The Bertz CT molecular complexity index is 963. The molecule has 1 N–H and O–H groups in total. The van der Waals surface area contributed by atoms with Gasteiger partial charge in [0, 0.05) is 42.8 Å². The summed E-state index contributed by atoms with van der Waals surface area (Å²) in [6.45, 7) is 3.08. The highest BCUT2D eigenvalue weighted by Crippen LogP contribution is 2.24. The molecule has 31 heavy (non-hydrogen) atoms. The van der Waals surface area contributed by atoms with E-state index in [0.717, 1.165) is 11.4 Å². The number of carbonyl (C=O) groups excluding carboxylic acids is 1. The second-order valence-electron chi connectivity index (χ2n) is 6.76. The lowest BCUT2D eigenvalue weighted by Gasteiger charge is -2.13. The van der Waals surface area contributed by atoms with Gasteiger partial charge in [-0.3, -0.25) is 14.3 Å². The van der Waals surface area contributed by atoms with Gasteiger partial charge in [0.2, 0.25) is 0 Å². The minimum absolute atomic E-state index is 0.0895. The van der Waals surface area contributed by atoms with Gasteiger partial charge >= 0.3 is 0 Å². The van der Waals surface area contributed by atoms with Crippen LogP contribution in [-0.4, -0.2) is 62.8 Å². The zero-order chi connectivity index (χ0) is 22.1. The van der Waals surface area contributed by atoms with Crippen LogP contribution < -0.4 is 4.74 Å². The largest absolute Gasteiger partial charge is 0.491 e. The molecule has 3 rings (SSSR count). The highest BCUT2D eigenvalue weighted by molar-refractivity contribution is 7.99. The Balaban J connectivity index is 1.57. The van der Waals surface area contributed by atoms with Crippen molar-refractivity contribution in [3.8, 4) is 17.1 Å². The third-order valence-electron chi connectivity index (χ3n) is 4.52. The van der Waals surface area contributed by atoms with Gasteiger partial charge < -0.3 is 14.6 Å². The van der Waals surface area contributed by atoms with Crippen molar-refractivity contribution in [3.05, 3.63) is 54.4 Å². The first-order valence-corrected chi connectivity index (χ1v) is 11.0. The summed E-state index contributed by atoms with van der Waals surface area (Å²) >= 11 is 1.41. The molecule has 0 saturated carbocycles. The van der Waals surface area contributed by atoms with Gasteiger partial charge in [-0.1, -0.05) is 18.7 Å². The van der Waals surface area contributed by atoms with E-state index in [-0.39, 0.29) is 12.4 Å². The molecule has 0 spiro atoms. The Kier molecular flexibility index (Phi) is 8.57. The van der Waals surface area contributed by atoms with Crippen LogP contribution in [0.5, 0.6) is 5.75 Å². The molecule has 0 amide bonds. The molecule has 0 bridgehead atoms. The van der Waals surface area contributed by atoms with E-state index in [1.807, 2.05) is 23.6 Å². The van der Waals surface area contributed by atoms with Crippen LogP contribution in [0.3, 0.4) is 0 Å². The fourth-order valence-corrected chi connectivity index (χ4v) is 3.72. The van der Waals surface area contributed by atoms with Crippen LogP contribution in [0.25, 0.3) is 11.4 Å². The number of ether oxygens (including phenoxy) is 2. The van der Waals surface area contributed by atoms with Crippen molar-refractivity contribution in [2.45, 2.75) is 31.1 Å². The molecule has 1 atom stereocenters. The van der Waals surface area contributed by atoms with E-state index in [9.17, 15) is 9.90 Å². The van der Waals surface area contributed by atoms with Crippen LogP contribution in [0.1, 0.15) is 23.7 Å². The van der Waals surface area contributed by atoms with Gasteiger partial charge in [0.25, 0.3) is 0 Å². The number of hydrogen-bond donors (Lipinski definition) is 1. The van der Waals surface area contributed by atoms with Crippen molar-refractivity contribution in [2.75, 3.05) is 26.1 Å². The SMILES string of the molecule is CCC(=O)c1ccc(OCC(O)CSc2nnc(-c3ccncc3)n2CCOC)cc1. The zero-order valence-corrected chi connectivity index (χ0v) is 18.4. The lowest BCUT2D eigenvalue weighted by atomic mass is 10.1. The molecule has 3 aromatic rings. The van der Waals surface area contributed by atoms with Gasteiger partial charge in [-0.05, 0) is 36.4 Å². The number of hydrogen-bond acceptors (Lipinski definition) is 8. The predicted molar refractivity (Wildman–Crippen MR) is 118 cm³/mol. The summed E-state index contributed by atoms with van der Waals surface area (Å²) < 4.78 is 12.8. The number of aromatic nitrogens is 4. The van der Waals surface area contributed by atoms with Crippen molar-refractivity contribution in [3.63, 3.8) is 0 Å². The number of rotatable bonds is 12. The average Bonchev–Trinajstić information content (AvgIpc) is 3.23. The Morgan fingerprint density at radius 2 is 1.90 bits per heavy atom. The third kappa shape index (κ3) is 6.36. The maximum absolute atomic E-state index is 11.7. The number of methoxy groups -OCH3 is 1. The van der Waals surface area contributed by atoms with Crippen molar-refractivity contribution >= 4 is 17.5 Å². The number of aliphatic hydroxyl groups excluding tert-OH is 1. The van der Waals surface area contributed by atoms with E-state index in [1.54, 1.807) is 43.8 Å². The molecule has 0 aliphatic rings. The molecular weight excluding hydrogens is 416 g/mol. The molecule has 0 saturated heterocycles. The molecule has 0 radical (unpaired) electrons. The van der Waals surface area contributed by atoms with Crippen molar-refractivity contribution in [1.82, 2.24) is 19.7 Å². The lowest BCUT2D eigenvalue weighted by molar-refractivity contribution is 0.0987. The maximum atomic E-state index is 11.7. The minimum Gasteiger partial charge on any atom is -0.491 e. The number of carbonyl (C=O) groups is 1. The fourth-order valence-electron chi connectivity index (χ4n) is 2.85. The Morgan fingerprint density at radius 3 is 2.58 bits per heavy atom. The van der Waals surface area contributed by atoms with E-state index in [2.05, 4.69) is 15.2 Å². The van der Waals surface area contributed by atoms with E-state index in [4.69, 9.17) is 9.47 Å². The average molecular weight is 443 g/mol. The molecule has 0 aliphatic carbocycles. The van der Waals surface area contributed by atoms with Crippen LogP contribution in [0, 0.1) is 0 Å². The number of benzene rings is 1. The Hall–Kier alpha value is -2.75. The third-order valence-corrected chi connectivity index (χ3v) is 5.63. The number of nitrogens with zero attached hydrogens (tertiary/aromatic N) is 4. The summed E-state index contributed by atoms with van der Waals surface area (Å²) in [5, 5.41) is 19.6. The lowest BCUT2D eigenvalue weighted by Crippen LogP contribution is -2.20. The normalized spacial score (nSPS) is 12.0. The number of thioether (sulfide) groups is 1. The van der Waals surface area contributed by atoms with Crippen molar-refractivity contribution in [2.24, 2.45) is 0 Å². The van der Waals surface area contributed by atoms with Gasteiger partial charge in [-0.15, -0.1) is 10.2 Å². The van der Waals surface area contributed by atoms with Gasteiger partial charge in [0.15, 0.2) is 16.8 Å². The highest BCUT2D eigenvalue weighted by Gasteiger charge is 2.16. The summed E-state index contributed by atoms with van der Waals surface area (Å²) in [6.07, 6.45) is 3.19. The molecule has 164 valence electrons. The highest BCUT2D eigenvalue weighted by atomic mass is 32.2. The predicted octanol–water partition coefficient (Wildman–Crippen LogP) is 3.11. The Morgan fingerprint density at radius 1 is 1.16 bits per heavy atom. The molecule has 1 unspecified atom stereocenters. The number of Topliss-reactive ketones (excluding diaryl/α,β-unsaturated/α-hetero) is 1. The standard InChI is InChI=1S/C22H26N4O4S/c1-3-20(28)16-4-6-19(7-5-16)30-14-18(27)15-31-22-25-24-21(26(22)12-13-29-2)17-8-10-23-11-9-17/h4-11,18,27H,3,12-15H2,1-2H3. The topological polar surface area (TPSA) is 99.4 Å². The molecule has 1 aromatic carbocycles. The quantitative estimate of drug-likeness (QED) is 0.337. The van der Waals surface area contributed by atoms with Crippen LogP contribution in [0.4, 0.5) is 0 Å². The van der Waals surface area contributed by atoms with Crippen LogP contribution in [0.15, 0.2) is 53.9 Å². The zero-order valence-electron chi connectivity index (χ0n) is 17.6. The van der Waals surface area contributed by atoms with Crippen LogP contribution >= 0.6 is 11.8 Å². The van der Waals surface area contributed by atoms with E-state index in [1.165, 1.54) is 11.8 Å². The van der Waals surface area contributed by atoms with E-state index in [0.29, 0.717) is 41.8 Å². The smallest absolute Gasteiger partial charge is 0.191 e. The van der Waals surface area contributed by atoms with E-state index < -0.39 is 6.10 Å². The molecular formula is C22H26N4O4S. The van der Waals surface area contributed by atoms with Crippen molar-refractivity contribution < 1.29 is 19.4 Å². The van der Waals surface area contributed by atoms with Crippen LogP contribution in [0.2, 0.25) is 0 Å². The minimum atomic E-state index is -0.695. The van der Waals surface area contributed by atoms with Gasteiger partial charge in [0.05, 0.1) is 19.3 Å². The molecule has 0 aliphatic heterocycles. The number of ketones is 1. The van der Waals surface area contributed by atoms with Gasteiger partial charge in [-0.2, -0.15) is 0 Å². The first-order valence-electron chi connectivity index (χ1n) is 10.0. The first kappa shape index (κ1) is 22.9. The number of aliphatic hydroxyl groups is 1. The summed E-state index contributed by atoms with van der Waals surface area (Å²) in [6, 6.07) is 10.7. The second-order valence-corrected chi connectivity index (χ2v) is 7.75. The molecule has 2 heterocycles.